The van der Waals surface area contributed by atoms with Crippen LogP contribution in [0, 0.1) is 0 Å². The highest BCUT2D eigenvalue weighted by molar-refractivity contribution is 5.91. The highest BCUT2D eigenvalue weighted by Gasteiger charge is 2.17. The van der Waals surface area contributed by atoms with Gasteiger partial charge < -0.3 is 14.8 Å². The van der Waals surface area contributed by atoms with Crippen LogP contribution in [-0.4, -0.2) is 41.4 Å². The van der Waals surface area contributed by atoms with Crippen molar-refractivity contribution in [2.75, 3.05) is 13.7 Å². The maximum atomic E-state index is 12.2. The van der Waals surface area contributed by atoms with Crippen LogP contribution in [0.5, 0.6) is 5.75 Å². The van der Waals surface area contributed by atoms with Crippen molar-refractivity contribution in [2.24, 2.45) is 0 Å². The zero-order valence-electron chi connectivity index (χ0n) is 17.7. The average molecular weight is 419 g/mol. The normalized spacial score (nSPS) is 11.8. The van der Waals surface area contributed by atoms with Crippen LogP contribution in [0.25, 0.3) is 23.0 Å². The fourth-order valence-electron chi connectivity index (χ4n) is 3.01. The van der Waals surface area contributed by atoms with Gasteiger partial charge in [-0.2, -0.15) is 5.10 Å². The van der Waals surface area contributed by atoms with Gasteiger partial charge in [0, 0.05) is 29.9 Å². The predicted molar refractivity (Wildman–Crippen MR) is 119 cm³/mol. The molecule has 1 amide bonds. The number of esters is 1. The minimum absolute atomic E-state index is 0.337. The van der Waals surface area contributed by atoms with Gasteiger partial charge in [-0.25, -0.2) is 9.48 Å². The monoisotopic (exact) mass is 419 g/mol. The van der Waals surface area contributed by atoms with E-state index in [1.54, 1.807) is 24.8 Å². The summed E-state index contributed by atoms with van der Waals surface area (Å²) < 4.78 is 12.4. The maximum absolute atomic E-state index is 12.2. The van der Waals surface area contributed by atoms with Gasteiger partial charge >= 0.3 is 5.97 Å². The highest BCUT2D eigenvalue weighted by atomic mass is 16.5. The Morgan fingerprint density at radius 2 is 1.84 bits per heavy atom. The van der Waals surface area contributed by atoms with Crippen LogP contribution in [0.4, 0.5) is 0 Å². The van der Waals surface area contributed by atoms with Crippen LogP contribution in [0.2, 0.25) is 0 Å². The second-order valence-corrected chi connectivity index (χ2v) is 6.72. The first-order valence-corrected chi connectivity index (χ1v) is 9.98. The molecule has 0 spiro atoms. The second kappa shape index (κ2) is 10.2. The third-order valence-corrected chi connectivity index (χ3v) is 4.54. The standard InChI is InChI=1S/C24H25N3O4/c1-4-25-24(29)17(2)31-22(28)15-14-18-16-27(19-10-6-5-7-11-19)26-23(18)20-12-8-9-13-21(20)30-3/h5-17H,4H2,1-3H3,(H,25,29)/b15-14+/t17-/m0/s1. The van der Waals surface area contributed by atoms with Gasteiger partial charge in [0.1, 0.15) is 11.4 Å². The van der Waals surface area contributed by atoms with E-state index < -0.39 is 12.1 Å². The maximum Gasteiger partial charge on any atom is 0.331 e. The number of carbonyl (C=O) groups excluding carboxylic acids is 2. The van der Waals surface area contributed by atoms with E-state index in [-0.39, 0.29) is 5.91 Å². The first-order valence-electron chi connectivity index (χ1n) is 9.98. The van der Waals surface area contributed by atoms with Crippen molar-refractivity contribution >= 4 is 18.0 Å². The van der Waals surface area contributed by atoms with E-state index in [1.165, 1.54) is 13.0 Å². The molecule has 1 aromatic heterocycles. The molecule has 0 unspecified atom stereocenters. The molecule has 0 saturated carbocycles. The van der Waals surface area contributed by atoms with Crippen LogP contribution >= 0.6 is 0 Å². The Labute approximate surface area is 181 Å². The second-order valence-electron chi connectivity index (χ2n) is 6.72. The Kier molecular flexibility index (Phi) is 7.22. The predicted octanol–water partition coefficient (Wildman–Crippen LogP) is 3.63. The van der Waals surface area contributed by atoms with Crippen molar-refractivity contribution in [2.45, 2.75) is 20.0 Å². The van der Waals surface area contributed by atoms with E-state index >= 15 is 0 Å². The van der Waals surface area contributed by atoms with Gasteiger partial charge in [-0.15, -0.1) is 0 Å². The van der Waals surface area contributed by atoms with Gasteiger partial charge in [-0.05, 0) is 44.2 Å². The summed E-state index contributed by atoms with van der Waals surface area (Å²) in [6, 6.07) is 17.2. The molecule has 0 aliphatic heterocycles. The quantitative estimate of drug-likeness (QED) is 0.445. The molecule has 0 saturated heterocycles. The summed E-state index contributed by atoms with van der Waals surface area (Å²) >= 11 is 0. The molecular weight excluding hydrogens is 394 g/mol. The number of nitrogens with one attached hydrogen (secondary N) is 1. The number of hydrogen-bond donors (Lipinski definition) is 1. The van der Waals surface area contributed by atoms with E-state index in [2.05, 4.69) is 5.32 Å². The lowest BCUT2D eigenvalue weighted by Crippen LogP contribution is -2.35. The van der Waals surface area contributed by atoms with Crippen molar-refractivity contribution in [1.82, 2.24) is 15.1 Å². The number of nitrogens with zero attached hydrogens (tertiary/aromatic N) is 2. The average Bonchev–Trinajstić information content (AvgIpc) is 3.22. The van der Waals surface area contributed by atoms with Crippen LogP contribution < -0.4 is 10.1 Å². The summed E-state index contributed by atoms with van der Waals surface area (Å²) in [7, 11) is 1.60. The first-order chi connectivity index (χ1) is 15.0. The number of benzene rings is 2. The van der Waals surface area contributed by atoms with Gasteiger partial charge in [0.15, 0.2) is 6.10 Å². The van der Waals surface area contributed by atoms with E-state index in [0.717, 1.165) is 11.3 Å². The van der Waals surface area contributed by atoms with Crippen molar-refractivity contribution in [3.63, 3.8) is 0 Å². The van der Waals surface area contributed by atoms with Crippen LogP contribution in [0.15, 0.2) is 66.9 Å². The Morgan fingerprint density at radius 1 is 1.13 bits per heavy atom. The summed E-state index contributed by atoms with van der Waals surface area (Å²) in [4.78, 5) is 24.0. The van der Waals surface area contributed by atoms with Gasteiger partial charge in [0.05, 0.1) is 12.8 Å². The minimum Gasteiger partial charge on any atom is -0.496 e. The number of aromatic nitrogens is 2. The number of para-hydroxylation sites is 2. The molecule has 160 valence electrons. The third kappa shape index (κ3) is 5.39. The van der Waals surface area contributed by atoms with E-state index in [9.17, 15) is 9.59 Å². The molecule has 3 aromatic rings. The zero-order chi connectivity index (χ0) is 22.2. The number of methoxy groups -OCH3 is 1. The van der Waals surface area contributed by atoms with E-state index in [4.69, 9.17) is 14.6 Å². The van der Waals surface area contributed by atoms with E-state index in [1.807, 2.05) is 60.8 Å². The Hall–Kier alpha value is -3.87. The van der Waals surface area contributed by atoms with Gasteiger partial charge in [0.25, 0.3) is 5.91 Å². The molecule has 0 fully saturated rings. The number of rotatable bonds is 8. The molecule has 7 heteroatoms. The summed E-state index contributed by atoms with van der Waals surface area (Å²) in [6.07, 6.45) is 3.87. The molecule has 1 N–H and O–H groups in total. The lowest BCUT2D eigenvalue weighted by Gasteiger charge is -2.10. The topological polar surface area (TPSA) is 82.5 Å². The molecule has 1 heterocycles. The van der Waals surface area contributed by atoms with Crippen LogP contribution in [0.3, 0.4) is 0 Å². The molecule has 0 aliphatic carbocycles. The largest absolute Gasteiger partial charge is 0.496 e. The summed E-state index contributed by atoms with van der Waals surface area (Å²) in [5.41, 5.74) is 3.03. The summed E-state index contributed by atoms with van der Waals surface area (Å²) in [5, 5.41) is 7.34. The fourth-order valence-corrected chi connectivity index (χ4v) is 3.01. The van der Waals surface area contributed by atoms with Gasteiger partial charge in [-0.3, -0.25) is 4.79 Å². The molecule has 0 bridgehead atoms. The lowest BCUT2D eigenvalue weighted by atomic mass is 10.1. The van der Waals surface area contributed by atoms with Gasteiger partial charge in [0.2, 0.25) is 0 Å². The molecule has 0 radical (unpaired) electrons. The smallest absolute Gasteiger partial charge is 0.331 e. The first kappa shape index (κ1) is 21.8. The summed E-state index contributed by atoms with van der Waals surface area (Å²) in [5.74, 6) is -0.282. The number of amides is 1. The lowest BCUT2D eigenvalue weighted by molar-refractivity contribution is -0.150. The van der Waals surface area contributed by atoms with Crippen molar-refractivity contribution in [3.8, 4) is 22.7 Å². The number of ether oxygens (including phenoxy) is 2. The molecule has 7 nitrogen and oxygen atoms in total. The van der Waals surface area contributed by atoms with Gasteiger partial charge in [-0.1, -0.05) is 30.3 Å². The third-order valence-electron chi connectivity index (χ3n) is 4.54. The Morgan fingerprint density at radius 3 is 2.55 bits per heavy atom. The molecule has 0 aliphatic rings. The summed E-state index contributed by atoms with van der Waals surface area (Å²) in [6.45, 7) is 3.80. The molecule has 1 atom stereocenters. The molecule has 3 rings (SSSR count). The molecule has 2 aromatic carbocycles. The number of carbonyl (C=O) groups is 2. The van der Waals surface area contributed by atoms with Crippen molar-refractivity contribution < 1.29 is 19.1 Å². The zero-order valence-corrected chi connectivity index (χ0v) is 17.7. The number of hydrogen-bond acceptors (Lipinski definition) is 5. The highest BCUT2D eigenvalue weighted by Crippen LogP contribution is 2.32. The van der Waals surface area contributed by atoms with Crippen molar-refractivity contribution in [3.05, 3.63) is 72.4 Å². The number of likely N-dealkylation sites (N-methyl/N-ethyl adjacent to an activating group) is 1. The minimum atomic E-state index is -0.877. The van der Waals surface area contributed by atoms with E-state index in [0.29, 0.717) is 23.6 Å². The molecular formula is C24H25N3O4. The van der Waals surface area contributed by atoms with Crippen LogP contribution in [0.1, 0.15) is 19.4 Å². The van der Waals surface area contributed by atoms with Crippen molar-refractivity contribution in [1.29, 1.82) is 0 Å². The Balaban J connectivity index is 1.93. The molecule has 31 heavy (non-hydrogen) atoms. The Bertz CT molecular complexity index is 1070. The van der Waals surface area contributed by atoms with Crippen LogP contribution in [-0.2, 0) is 14.3 Å². The SMILES string of the molecule is CCNC(=O)[C@H](C)OC(=O)/C=C/c1cn(-c2ccccc2)nc1-c1ccccc1OC. The fraction of sp³-hybridized carbons (Fsp3) is 0.208.